The first kappa shape index (κ1) is 22.9. The molecule has 0 spiro atoms. The molecule has 2 atom stereocenters. The van der Waals surface area contributed by atoms with Crippen molar-refractivity contribution in [3.05, 3.63) is 40.9 Å². The minimum absolute atomic E-state index is 0.0327. The molecule has 0 unspecified atom stereocenters. The van der Waals surface area contributed by atoms with Crippen molar-refractivity contribution in [1.29, 1.82) is 10.5 Å². The van der Waals surface area contributed by atoms with E-state index in [0.29, 0.717) is 12.1 Å². The van der Waals surface area contributed by atoms with Crippen LogP contribution in [-0.2, 0) is 19.4 Å². The number of anilines is 1. The first-order valence-corrected chi connectivity index (χ1v) is 12.5. The number of nitrogens with one attached hydrogen (secondary N) is 1. The Morgan fingerprint density at radius 1 is 1.29 bits per heavy atom. The van der Waals surface area contributed by atoms with E-state index in [2.05, 4.69) is 11.4 Å². The van der Waals surface area contributed by atoms with Gasteiger partial charge in [0.25, 0.3) is 0 Å². The SMILES string of the molecule is CC1(C)C(C#N)=C(SCC(=O)N(c2ccccc2)[C@@H]2CCS(=O)(=O)C2)NC(=O)[C@H]1C#N. The Morgan fingerprint density at radius 2 is 1.97 bits per heavy atom. The van der Waals surface area contributed by atoms with Crippen molar-refractivity contribution in [2.45, 2.75) is 26.3 Å². The number of nitriles is 2. The van der Waals surface area contributed by atoms with Gasteiger partial charge in [-0.25, -0.2) is 8.42 Å². The molecular weight excluding hydrogens is 436 g/mol. The molecule has 10 heteroatoms. The van der Waals surface area contributed by atoms with Crippen LogP contribution in [0.2, 0.25) is 0 Å². The average molecular weight is 459 g/mol. The van der Waals surface area contributed by atoms with Crippen LogP contribution in [0.3, 0.4) is 0 Å². The third-order valence-corrected chi connectivity index (χ3v) is 8.29. The molecule has 2 aliphatic rings. The fourth-order valence-corrected chi connectivity index (χ4v) is 6.60. The van der Waals surface area contributed by atoms with E-state index in [0.717, 1.165) is 11.8 Å². The highest BCUT2D eigenvalue weighted by Gasteiger charge is 2.45. The van der Waals surface area contributed by atoms with Gasteiger partial charge in [0.05, 0.1) is 46.0 Å². The van der Waals surface area contributed by atoms with Crippen LogP contribution in [0.1, 0.15) is 20.3 Å². The predicted molar refractivity (Wildman–Crippen MR) is 117 cm³/mol. The van der Waals surface area contributed by atoms with Gasteiger partial charge in [0, 0.05) is 11.1 Å². The van der Waals surface area contributed by atoms with Crippen molar-refractivity contribution in [3.8, 4) is 12.1 Å². The van der Waals surface area contributed by atoms with Crippen molar-refractivity contribution in [1.82, 2.24) is 5.32 Å². The zero-order valence-corrected chi connectivity index (χ0v) is 18.8. The number of allylic oxidation sites excluding steroid dienone is 1. The molecule has 3 rings (SSSR count). The van der Waals surface area contributed by atoms with Crippen LogP contribution < -0.4 is 10.2 Å². The number of benzene rings is 1. The van der Waals surface area contributed by atoms with Gasteiger partial charge in [0.2, 0.25) is 11.8 Å². The van der Waals surface area contributed by atoms with E-state index in [1.54, 1.807) is 38.1 Å². The normalized spacial score (nSPS) is 24.1. The van der Waals surface area contributed by atoms with E-state index in [9.17, 15) is 28.5 Å². The number of amides is 2. The van der Waals surface area contributed by atoms with Crippen molar-refractivity contribution in [2.24, 2.45) is 11.3 Å². The number of carbonyl (C=O) groups excluding carboxylic acids is 2. The number of nitrogens with zero attached hydrogens (tertiary/aromatic N) is 3. The molecule has 1 aromatic rings. The summed E-state index contributed by atoms with van der Waals surface area (Å²) in [5.41, 5.74) is -0.149. The molecule has 0 bridgehead atoms. The minimum atomic E-state index is -3.20. The molecule has 31 heavy (non-hydrogen) atoms. The van der Waals surface area contributed by atoms with Gasteiger partial charge in [-0.3, -0.25) is 9.59 Å². The van der Waals surface area contributed by atoms with Gasteiger partial charge in [-0.15, -0.1) is 0 Å². The van der Waals surface area contributed by atoms with E-state index < -0.39 is 33.1 Å². The maximum absolute atomic E-state index is 13.2. The van der Waals surface area contributed by atoms with Crippen LogP contribution in [0, 0.1) is 34.0 Å². The van der Waals surface area contributed by atoms with Crippen molar-refractivity contribution < 1.29 is 18.0 Å². The molecule has 1 saturated heterocycles. The maximum Gasteiger partial charge on any atom is 0.243 e. The van der Waals surface area contributed by atoms with Crippen LogP contribution in [0.15, 0.2) is 40.9 Å². The first-order chi connectivity index (χ1) is 14.6. The van der Waals surface area contributed by atoms with Crippen molar-refractivity contribution >= 4 is 39.1 Å². The Morgan fingerprint density at radius 3 is 2.52 bits per heavy atom. The molecule has 162 valence electrons. The second-order valence-electron chi connectivity index (χ2n) is 8.03. The van der Waals surface area contributed by atoms with E-state index in [1.165, 1.54) is 4.90 Å². The molecule has 1 aromatic carbocycles. The summed E-state index contributed by atoms with van der Waals surface area (Å²) in [5.74, 6) is -2.00. The molecule has 8 nitrogen and oxygen atoms in total. The van der Waals surface area contributed by atoms with Crippen LogP contribution in [-0.4, -0.2) is 43.5 Å². The van der Waals surface area contributed by atoms with E-state index in [-0.39, 0.29) is 33.8 Å². The molecule has 0 saturated carbocycles. The summed E-state index contributed by atoms with van der Waals surface area (Å²) in [6.45, 7) is 3.31. The summed E-state index contributed by atoms with van der Waals surface area (Å²) in [5, 5.41) is 21.8. The summed E-state index contributed by atoms with van der Waals surface area (Å²) in [4.78, 5) is 27.0. The lowest BCUT2D eigenvalue weighted by Crippen LogP contribution is -2.45. The number of carbonyl (C=O) groups is 2. The molecule has 1 fully saturated rings. The highest BCUT2D eigenvalue weighted by Crippen LogP contribution is 2.42. The summed E-state index contributed by atoms with van der Waals surface area (Å²) in [6.07, 6.45) is 0.355. The molecule has 0 aromatic heterocycles. The molecule has 1 N–H and O–H groups in total. The van der Waals surface area contributed by atoms with Gasteiger partial charge >= 0.3 is 0 Å². The van der Waals surface area contributed by atoms with Crippen LogP contribution in [0.25, 0.3) is 0 Å². The van der Waals surface area contributed by atoms with Gasteiger partial charge in [-0.2, -0.15) is 10.5 Å². The van der Waals surface area contributed by atoms with Gasteiger partial charge in [-0.1, -0.05) is 43.8 Å². The lowest BCUT2D eigenvalue weighted by atomic mass is 9.72. The Labute approximate surface area is 185 Å². The second-order valence-corrected chi connectivity index (χ2v) is 11.2. The Hall–Kier alpha value is -2.82. The third-order valence-electron chi connectivity index (χ3n) is 5.55. The molecule has 2 heterocycles. The lowest BCUT2D eigenvalue weighted by molar-refractivity contribution is -0.125. The van der Waals surface area contributed by atoms with Crippen LogP contribution in [0.5, 0.6) is 0 Å². The van der Waals surface area contributed by atoms with Gasteiger partial charge in [0.15, 0.2) is 9.84 Å². The molecule has 0 aliphatic carbocycles. The second kappa shape index (κ2) is 8.74. The average Bonchev–Trinajstić information content (AvgIpc) is 3.06. The highest BCUT2D eigenvalue weighted by molar-refractivity contribution is 8.03. The van der Waals surface area contributed by atoms with E-state index >= 15 is 0 Å². The fourth-order valence-electron chi connectivity index (χ4n) is 3.86. The number of para-hydroxylation sites is 1. The van der Waals surface area contributed by atoms with E-state index in [4.69, 9.17) is 0 Å². The smallest absolute Gasteiger partial charge is 0.243 e. The Kier molecular flexibility index (Phi) is 6.44. The highest BCUT2D eigenvalue weighted by atomic mass is 32.2. The summed E-state index contributed by atoms with van der Waals surface area (Å²) < 4.78 is 24.0. The number of sulfone groups is 1. The molecular formula is C21H22N4O4S2. The van der Waals surface area contributed by atoms with Gasteiger partial charge in [-0.05, 0) is 18.6 Å². The predicted octanol–water partition coefficient (Wildman–Crippen LogP) is 1.97. The monoisotopic (exact) mass is 458 g/mol. The fraction of sp³-hybridized carbons (Fsp3) is 0.429. The zero-order chi connectivity index (χ0) is 22.8. The van der Waals surface area contributed by atoms with Gasteiger partial charge < -0.3 is 10.2 Å². The Bertz CT molecular complexity index is 1110. The lowest BCUT2D eigenvalue weighted by Gasteiger charge is -2.34. The topological polar surface area (TPSA) is 131 Å². The summed E-state index contributed by atoms with van der Waals surface area (Å²) >= 11 is 1.01. The van der Waals surface area contributed by atoms with Crippen LogP contribution in [0.4, 0.5) is 5.69 Å². The minimum Gasteiger partial charge on any atom is -0.319 e. The zero-order valence-electron chi connectivity index (χ0n) is 17.2. The number of hydrogen-bond acceptors (Lipinski definition) is 7. The summed E-state index contributed by atoms with van der Waals surface area (Å²) in [6, 6.07) is 12.4. The van der Waals surface area contributed by atoms with Crippen LogP contribution >= 0.6 is 11.8 Å². The van der Waals surface area contributed by atoms with E-state index in [1.807, 2.05) is 12.1 Å². The maximum atomic E-state index is 13.2. The molecule has 2 aliphatic heterocycles. The molecule has 2 amide bonds. The number of rotatable bonds is 5. The summed E-state index contributed by atoms with van der Waals surface area (Å²) in [7, 11) is -3.20. The van der Waals surface area contributed by atoms with Crippen molar-refractivity contribution in [3.63, 3.8) is 0 Å². The molecule has 0 radical (unpaired) electrons. The standard InChI is InChI=1S/C21H22N4O4S2/c1-21(2)16(10-22)19(27)24-20(17(21)11-23)30-12-18(26)25(14-6-4-3-5-7-14)15-8-9-31(28,29)13-15/h3-7,15-16H,8-9,12-13H2,1-2H3,(H,24,27)/t15-,16-/m1/s1. The van der Waals surface area contributed by atoms with Gasteiger partial charge in [0.1, 0.15) is 5.92 Å². The Balaban J connectivity index is 1.86. The number of hydrogen-bond donors (Lipinski definition) is 1. The number of thioether (sulfide) groups is 1. The largest absolute Gasteiger partial charge is 0.319 e. The first-order valence-electron chi connectivity index (χ1n) is 9.66. The third kappa shape index (κ3) is 4.60. The quantitative estimate of drug-likeness (QED) is 0.713. The van der Waals surface area contributed by atoms with Crippen molar-refractivity contribution in [2.75, 3.05) is 22.2 Å².